The lowest BCUT2D eigenvalue weighted by atomic mass is 9.84. The van der Waals surface area contributed by atoms with Gasteiger partial charge in [-0.05, 0) is 45.6 Å². The number of rotatable bonds is 1. The van der Waals surface area contributed by atoms with Crippen LogP contribution in [0.25, 0.3) is 0 Å². The summed E-state index contributed by atoms with van der Waals surface area (Å²) < 4.78 is 10.8. The van der Waals surface area contributed by atoms with Gasteiger partial charge in [-0.15, -0.1) is 0 Å². The largest absolute Gasteiger partial charge is 0.457 e. The van der Waals surface area contributed by atoms with Crippen LogP contribution in [0.1, 0.15) is 53.4 Å². The van der Waals surface area contributed by atoms with Crippen molar-refractivity contribution in [1.29, 1.82) is 0 Å². The smallest absolute Gasteiger partial charge is 0.334 e. The van der Waals surface area contributed by atoms with Crippen LogP contribution in [0.15, 0.2) is 22.8 Å². The van der Waals surface area contributed by atoms with Gasteiger partial charge in [0.25, 0.3) is 0 Å². The Morgan fingerprint density at radius 2 is 2.09 bits per heavy atom. The number of aliphatic hydroxyl groups is 1. The molecule has 1 N–H and O–H groups in total. The Labute approximate surface area is 131 Å². The van der Waals surface area contributed by atoms with Gasteiger partial charge in [-0.1, -0.05) is 11.6 Å². The molecule has 2 aliphatic rings. The first-order chi connectivity index (χ1) is 10.2. The molecule has 0 saturated heterocycles. The van der Waals surface area contributed by atoms with Crippen LogP contribution in [0.2, 0.25) is 0 Å². The lowest BCUT2D eigenvalue weighted by Gasteiger charge is -2.36. The zero-order valence-electron chi connectivity index (χ0n) is 13.6. The van der Waals surface area contributed by atoms with Gasteiger partial charge in [0.1, 0.15) is 11.7 Å². The van der Waals surface area contributed by atoms with E-state index in [0.717, 1.165) is 24.0 Å². The molecule has 22 heavy (non-hydrogen) atoms. The molecular formula is C17H24O5. The fourth-order valence-electron chi connectivity index (χ4n) is 3.11. The van der Waals surface area contributed by atoms with Crippen LogP contribution in [0, 0.1) is 0 Å². The minimum atomic E-state index is -1.08. The Morgan fingerprint density at radius 3 is 2.73 bits per heavy atom. The van der Waals surface area contributed by atoms with Crippen LogP contribution in [-0.2, 0) is 19.1 Å². The van der Waals surface area contributed by atoms with E-state index >= 15 is 0 Å². The number of esters is 2. The zero-order chi connectivity index (χ0) is 16.5. The summed E-state index contributed by atoms with van der Waals surface area (Å²) in [6, 6.07) is 0. The van der Waals surface area contributed by atoms with Gasteiger partial charge in [0.05, 0.1) is 6.10 Å². The molecule has 1 heterocycles. The van der Waals surface area contributed by atoms with Crippen LogP contribution < -0.4 is 0 Å². The number of hydrogen-bond acceptors (Lipinski definition) is 5. The number of fused-ring (bicyclic) bond motifs is 1. The molecule has 3 atom stereocenters. The monoisotopic (exact) mass is 308 g/mol. The van der Waals surface area contributed by atoms with Gasteiger partial charge in [0.2, 0.25) is 0 Å². The van der Waals surface area contributed by atoms with E-state index in [-0.39, 0.29) is 12.4 Å². The van der Waals surface area contributed by atoms with Gasteiger partial charge >= 0.3 is 11.9 Å². The van der Waals surface area contributed by atoms with Gasteiger partial charge < -0.3 is 14.6 Å². The summed E-state index contributed by atoms with van der Waals surface area (Å²) in [6.07, 6.45) is 2.96. The van der Waals surface area contributed by atoms with Gasteiger partial charge in [-0.2, -0.15) is 0 Å². The highest BCUT2D eigenvalue weighted by Gasteiger charge is 2.43. The fourth-order valence-corrected chi connectivity index (χ4v) is 3.11. The van der Waals surface area contributed by atoms with E-state index < -0.39 is 23.8 Å². The summed E-state index contributed by atoms with van der Waals surface area (Å²) in [4.78, 5) is 23.3. The van der Waals surface area contributed by atoms with Gasteiger partial charge in [0, 0.05) is 18.9 Å². The average molecular weight is 308 g/mol. The molecule has 0 aromatic carbocycles. The topological polar surface area (TPSA) is 72.8 Å². The first kappa shape index (κ1) is 16.7. The molecule has 2 rings (SSSR count). The molecule has 3 unspecified atom stereocenters. The Kier molecular flexibility index (Phi) is 4.75. The van der Waals surface area contributed by atoms with Crippen molar-refractivity contribution < 1.29 is 24.2 Å². The highest BCUT2D eigenvalue weighted by Crippen LogP contribution is 2.36. The first-order valence-electron chi connectivity index (χ1n) is 7.67. The van der Waals surface area contributed by atoms with Crippen molar-refractivity contribution in [3.8, 4) is 0 Å². The van der Waals surface area contributed by atoms with E-state index in [1.807, 2.05) is 13.0 Å². The molecule has 122 valence electrons. The maximum absolute atomic E-state index is 11.9. The molecule has 1 aliphatic heterocycles. The summed E-state index contributed by atoms with van der Waals surface area (Å²) in [5.74, 6) is -0.772. The van der Waals surface area contributed by atoms with Crippen molar-refractivity contribution >= 4 is 11.9 Å². The molecule has 0 aromatic rings. The van der Waals surface area contributed by atoms with Crippen LogP contribution in [0.5, 0.6) is 0 Å². The van der Waals surface area contributed by atoms with Gasteiger partial charge in [0.15, 0.2) is 0 Å². The van der Waals surface area contributed by atoms with Crippen molar-refractivity contribution in [2.45, 2.75) is 71.2 Å². The molecule has 0 amide bonds. The Balaban J connectivity index is 2.38. The molecule has 0 saturated carbocycles. The van der Waals surface area contributed by atoms with E-state index in [4.69, 9.17) is 9.47 Å². The Morgan fingerprint density at radius 1 is 1.41 bits per heavy atom. The molecule has 5 heteroatoms. The molecule has 0 spiro atoms. The van der Waals surface area contributed by atoms with Crippen molar-refractivity contribution in [2.75, 3.05) is 0 Å². The number of allylic oxidation sites excluding steroid dienone is 1. The SMILES string of the molecule is CC(=O)OC1(C)CC2OC(=O)C(C)=C2CCC(C)=CCC1O. The normalized spacial score (nSPS) is 33.0. The number of carbonyl (C=O) groups is 2. The Hall–Kier alpha value is -1.62. The average Bonchev–Trinajstić information content (AvgIpc) is 2.67. The van der Waals surface area contributed by atoms with Crippen molar-refractivity contribution in [3.05, 3.63) is 22.8 Å². The van der Waals surface area contributed by atoms with Crippen LogP contribution in [-0.4, -0.2) is 34.9 Å². The maximum atomic E-state index is 11.9. The van der Waals surface area contributed by atoms with E-state index in [2.05, 4.69) is 0 Å². The quantitative estimate of drug-likeness (QED) is 0.595. The van der Waals surface area contributed by atoms with Crippen LogP contribution in [0.4, 0.5) is 0 Å². The molecular weight excluding hydrogens is 284 g/mol. The van der Waals surface area contributed by atoms with E-state index in [0.29, 0.717) is 12.0 Å². The van der Waals surface area contributed by atoms with Crippen molar-refractivity contribution in [2.24, 2.45) is 0 Å². The summed E-state index contributed by atoms with van der Waals surface area (Å²) >= 11 is 0. The summed E-state index contributed by atoms with van der Waals surface area (Å²) in [5, 5.41) is 10.5. The fraction of sp³-hybridized carbons (Fsp3) is 0.647. The highest BCUT2D eigenvalue weighted by molar-refractivity contribution is 5.91. The third-order valence-corrected chi connectivity index (χ3v) is 4.58. The lowest BCUT2D eigenvalue weighted by Crippen LogP contribution is -2.46. The molecule has 0 aromatic heterocycles. The second-order valence-electron chi connectivity index (χ2n) is 6.46. The summed E-state index contributed by atoms with van der Waals surface area (Å²) in [6.45, 7) is 6.78. The summed E-state index contributed by atoms with van der Waals surface area (Å²) in [5.41, 5.74) is 1.65. The molecule has 0 fully saturated rings. The van der Waals surface area contributed by atoms with E-state index in [1.54, 1.807) is 13.8 Å². The van der Waals surface area contributed by atoms with E-state index in [9.17, 15) is 14.7 Å². The predicted molar refractivity (Wildman–Crippen MR) is 81.0 cm³/mol. The van der Waals surface area contributed by atoms with Crippen LogP contribution >= 0.6 is 0 Å². The van der Waals surface area contributed by atoms with Gasteiger partial charge in [-0.25, -0.2) is 4.79 Å². The van der Waals surface area contributed by atoms with Gasteiger partial charge in [-0.3, -0.25) is 4.79 Å². The number of carbonyl (C=O) groups excluding carboxylic acids is 2. The third-order valence-electron chi connectivity index (χ3n) is 4.58. The molecule has 0 bridgehead atoms. The highest BCUT2D eigenvalue weighted by atomic mass is 16.6. The Bertz CT molecular complexity index is 545. The molecule has 0 radical (unpaired) electrons. The molecule has 5 nitrogen and oxygen atoms in total. The van der Waals surface area contributed by atoms with Crippen molar-refractivity contribution in [3.63, 3.8) is 0 Å². The van der Waals surface area contributed by atoms with E-state index in [1.165, 1.54) is 6.92 Å². The number of hydrogen-bond donors (Lipinski definition) is 1. The standard InChI is InChI=1S/C17H24O5/c1-10-5-7-13-11(2)16(20)21-14(13)9-17(4,22-12(3)18)15(19)8-6-10/h6,14-15,19H,5,7-9H2,1-4H3. The number of ether oxygens (including phenoxy) is 2. The zero-order valence-corrected chi connectivity index (χ0v) is 13.6. The minimum absolute atomic E-state index is 0.277. The van der Waals surface area contributed by atoms with Crippen LogP contribution in [0.3, 0.4) is 0 Å². The molecule has 1 aliphatic carbocycles. The minimum Gasteiger partial charge on any atom is -0.457 e. The summed E-state index contributed by atoms with van der Waals surface area (Å²) in [7, 11) is 0. The third kappa shape index (κ3) is 3.40. The predicted octanol–water partition coefficient (Wildman–Crippen LogP) is 2.43. The second kappa shape index (κ2) is 6.24. The maximum Gasteiger partial charge on any atom is 0.334 e. The first-order valence-corrected chi connectivity index (χ1v) is 7.67. The lowest BCUT2D eigenvalue weighted by molar-refractivity contribution is -0.173. The second-order valence-corrected chi connectivity index (χ2v) is 6.46. The number of aliphatic hydroxyl groups excluding tert-OH is 1. The van der Waals surface area contributed by atoms with Crippen molar-refractivity contribution in [1.82, 2.24) is 0 Å².